The molecule has 4 rings (SSSR count). The van der Waals surface area contributed by atoms with Crippen molar-refractivity contribution in [2.24, 2.45) is 5.92 Å². The maximum Gasteiger partial charge on any atom is 0.307 e. The number of carbonyl (C=O) groups is 1. The number of nitrogens with zero attached hydrogens (tertiary/aromatic N) is 1. The summed E-state index contributed by atoms with van der Waals surface area (Å²) in [5.41, 5.74) is 3.21. The van der Waals surface area contributed by atoms with Gasteiger partial charge < -0.3 is 19.5 Å². The minimum Gasteiger partial charge on any atom is -0.481 e. The molecular weight excluding hydrogens is 390 g/mol. The van der Waals surface area contributed by atoms with Crippen LogP contribution in [0.2, 0.25) is 0 Å². The van der Waals surface area contributed by atoms with Gasteiger partial charge in [0.05, 0.1) is 5.92 Å². The van der Waals surface area contributed by atoms with Crippen LogP contribution >= 0.6 is 12.4 Å². The zero-order chi connectivity index (χ0) is 19.3. The number of para-hydroxylation sites is 2. The molecule has 2 aromatic rings. The van der Waals surface area contributed by atoms with Gasteiger partial charge in [0.2, 0.25) is 6.79 Å². The molecule has 1 fully saturated rings. The minimum absolute atomic E-state index is 0. The number of ether oxygens (including phenoxy) is 2. The third-order valence-electron chi connectivity index (χ3n) is 5.43. The number of rotatable bonds is 4. The summed E-state index contributed by atoms with van der Waals surface area (Å²) in [4.78, 5) is 13.6. The van der Waals surface area contributed by atoms with Crippen LogP contribution < -0.4 is 9.47 Å². The highest BCUT2D eigenvalue weighted by Gasteiger charge is 2.25. The van der Waals surface area contributed by atoms with Crippen molar-refractivity contribution in [3.05, 3.63) is 65.7 Å². The number of benzene rings is 2. The first-order valence-electron chi connectivity index (χ1n) is 9.82. The van der Waals surface area contributed by atoms with E-state index in [1.165, 1.54) is 0 Å². The fourth-order valence-electron chi connectivity index (χ4n) is 4.00. The molecule has 154 valence electrons. The quantitative estimate of drug-likeness (QED) is 0.799. The van der Waals surface area contributed by atoms with Gasteiger partial charge in [0, 0.05) is 24.2 Å². The highest BCUT2D eigenvalue weighted by Crippen LogP contribution is 2.37. The van der Waals surface area contributed by atoms with Gasteiger partial charge in [-0.25, -0.2) is 0 Å². The molecule has 2 aliphatic rings. The van der Waals surface area contributed by atoms with Crippen LogP contribution in [0.25, 0.3) is 5.57 Å². The Morgan fingerprint density at radius 1 is 1.07 bits per heavy atom. The van der Waals surface area contributed by atoms with Crippen molar-refractivity contribution in [3.63, 3.8) is 0 Å². The summed E-state index contributed by atoms with van der Waals surface area (Å²) >= 11 is 0. The predicted molar refractivity (Wildman–Crippen MR) is 115 cm³/mol. The monoisotopic (exact) mass is 415 g/mol. The number of halogens is 1. The third kappa shape index (κ3) is 4.92. The number of hydrogen-bond acceptors (Lipinski definition) is 4. The molecular formula is C23H26ClNO4. The van der Waals surface area contributed by atoms with Crippen molar-refractivity contribution in [1.29, 1.82) is 0 Å². The summed E-state index contributed by atoms with van der Waals surface area (Å²) in [6, 6.07) is 16.0. The number of likely N-dealkylation sites (tertiary alicyclic amines) is 1. The molecule has 0 radical (unpaired) electrons. The number of hydrogen-bond donors (Lipinski definition) is 1. The molecule has 2 heterocycles. The number of carboxylic acid groups (broad SMARTS) is 1. The SMILES string of the molecule is Cl.O=C(O)C1CCCN(CCC=C2c3ccccc3OCOc3ccccc32)C1. The Morgan fingerprint density at radius 2 is 1.69 bits per heavy atom. The molecule has 1 saturated heterocycles. The van der Waals surface area contributed by atoms with Crippen LogP contribution in [0.15, 0.2) is 54.6 Å². The predicted octanol–water partition coefficient (Wildman–Crippen LogP) is 4.46. The lowest BCUT2D eigenvalue weighted by molar-refractivity contribution is -0.143. The second-order valence-electron chi connectivity index (χ2n) is 7.28. The van der Waals surface area contributed by atoms with Crippen LogP contribution in [0, 0.1) is 5.92 Å². The molecule has 2 aromatic carbocycles. The van der Waals surface area contributed by atoms with Crippen molar-refractivity contribution >= 4 is 23.9 Å². The number of fused-ring (bicyclic) bond motifs is 2. The summed E-state index contributed by atoms with van der Waals surface area (Å²) in [5.74, 6) is 0.700. The lowest BCUT2D eigenvalue weighted by Crippen LogP contribution is -2.39. The molecule has 29 heavy (non-hydrogen) atoms. The first-order chi connectivity index (χ1) is 13.7. The molecule has 6 heteroatoms. The average Bonchev–Trinajstić information content (AvgIpc) is 2.71. The summed E-state index contributed by atoms with van der Waals surface area (Å²) in [6.45, 7) is 2.63. The highest BCUT2D eigenvalue weighted by atomic mass is 35.5. The minimum atomic E-state index is -0.680. The topological polar surface area (TPSA) is 59.0 Å². The fraction of sp³-hybridized carbons (Fsp3) is 0.348. The standard InChI is InChI=1S/C23H25NO4.ClH/c25-23(26)17-7-5-13-24(15-17)14-6-10-18-19-8-1-3-11-21(19)27-16-28-22-12-4-2-9-20(18)22;/h1-4,8-12,17H,5-7,13-16H2,(H,25,26);1H. The molecule has 0 saturated carbocycles. The maximum atomic E-state index is 11.3. The highest BCUT2D eigenvalue weighted by molar-refractivity contribution is 5.86. The van der Waals surface area contributed by atoms with E-state index in [1.807, 2.05) is 36.4 Å². The van der Waals surface area contributed by atoms with Crippen molar-refractivity contribution in [2.45, 2.75) is 19.3 Å². The summed E-state index contributed by atoms with van der Waals surface area (Å²) < 4.78 is 11.6. The largest absolute Gasteiger partial charge is 0.481 e. The molecule has 0 amide bonds. The van der Waals surface area contributed by atoms with Gasteiger partial charge in [-0.2, -0.15) is 0 Å². The van der Waals surface area contributed by atoms with E-state index in [-0.39, 0.29) is 25.1 Å². The van der Waals surface area contributed by atoms with Crippen LogP contribution in [-0.4, -0.2) is 42.4 Å². The van der Waals surface area contributed by atoms with Crippen molar-refractivity contribution in [2.75, 3.05) is 26.4 Å². The summed E-state index contributed by atoms with van der Waals surface area (Å²) in [7, 11) is 0. The molecule has 1 atom stereocenters. The second-order valence-corrected chi connectivity index (χ2v) is 7.28. The van der Waals surface area contributed by atoms with Crippen molar-refractivity contribution in [3.8, 4) is 11.5 Å². The Morgan fingerprint density at radius 3 is 2.31 bits per heavy atom. The first kappa shape index (κ1) is 21.2. The molecule has 1 N–H and O–H groups in total. The Kier molecular flexibility index (Phi) is 7.18. The lowest BCUT2D eigenvalue weighted by atomic mass is 9.94. The zero-order valence-corrected chi connectivity index (χ0v) is 17.1. The van der Waals surface area contributed by atoms with Crippen LogP contribution in [-0.2, 0) is 4.79 Å². The van der Waals surface area contributed by atoms with E-state index in [0.717, 1.165) is 60.6 Å². The normalized spacial score (nSPS) is 18.6. The molecule has 5 nitrogen and oxygen atoms in total. The molecule has 0 bridgehead atoms. The van der Waals surface area contributed by atoms with Gasteiger partial charge in [0.15, 0.2) is 0 Å². The van der Waals surface area contributed by atoms with E-state index in [2.05, 4.69) is 23.1 Å². The maximum absolute atomic E-state index is 11.3. The summed E-state index contributed by atoms with van der Waals surface area (Å²) in [5, 5.41) is 9.30. The van der Waals surface area contributed by atoms with Gasteiger partial charge in [0.25, 0.3) is 0 Å². The molecule has 0 spiro atoms. The van der Waals surface area contributed by atoms with Gasteiger partial charge in [-0.15, -0.1) is 12.4 Å². The smallest absolute Gasteiger partial charge is 0.307 e. The Bertz CT molecular complexity index is 833. The Balaban J connectivity index is 0.00000240. The molecule has 0 aliphatic carbocycles. The van der Waals surface area contributed by atoms with Crippen LogP contribution in [0.3, 0.4) is 0 Å². The van der Waals surface area contributed by atoms with Crippen LogP contribution in [0.1, 0.15) is 30.4 Å². The number of piperidine rings is 1. The fourth-order valence-corrected chi connectivity index (χ4v) is 4.00. The van der Waals surface area contributed by atoms with Gasteiger partial charge in [0.1, 0.15) is 11.5 Å². The molecule has 0 aromatic heterocycles. The van der Waals surface area contributed by atoms with Gasteiger partial charge in [-0.3, -0.25) is 4.79 Å². The summed E-state index contributed by atoms with van der Waals surface area (Å²) in [6.07, 6.45) is 4.79. The van der Waals surface area contributed by atoms with E-state index in [9.17, 15) is 9.90 Å². The zero-order valence-electron chi connectivity index (χ0n) is 16.3. The van der Waals surface area contributed by atoms with Gasteiger partial charge in [-0.1, -0.05) is 42.5 Å². The van der Waals surface area contributed by atoms with Gasteiger partial charge in [-0.05, 0) is 43.5 Å². The van der Waals surface area contributed by atoms with Crippen LogP contribution in [0.5, 0.6) is 11.5 Å². The van der Waals surface area contributed by atoms with E-state index in [4.69, 9.17) is 9.47 Å². The Labute approximate surface area is 177 Å². The molecule has 1 unspecified atom stereocenters. The molecule has 2 aliphatic heterocycles. The van der Waals surface area contributed by atoms with Gasteiger partial charge >= 0.3 is 5.97 Å². The number of carboxylic acids is 1. The second kappa shape index (κ2) is 9.81. The van der Waals surface area contributed by atoms with E-state index in [1.54, 1.807) is 0 Å². The first-order valence-corrected chi connectivity index (χ1v) is 9.82. The van der Waals surface area contributed by atoms with Crippen molar-refractivity contribution in [1.82, 2.24) is 4.90 Å². The van der Waals surface area contributed by atoms with E-state index in [0.29, 0.717) is 6.54 Å². The van der Waals surface area contributed by atoms with E-state index < -0.39 is 5.97 Å². The van der Waals surface area contributed by atoms with E-state index >= 15 is 0 Å². The number of aliphatic carboxylic acids is 1. The lowest BCUT2D eigenvalue weighted by Gasteiger charge is -2.30. The average molecular weight is 416 g/mol. The Hall–Kier alpha value is -2.50. The third-order valence-corrected chi connectivity index (χ3v) is 5.43. The van der Waals surface area contributed by atoms with Crippen molar-refractivity contribution < 1.29 is 19.4 Å². The van der Waals surface area contributed by atoms with Crippen LogP contribution in [0.4, 0.5) is 0 Å².